The van der Waals surface area contributed by atoms with E-state index in [1.54, 1.807) is 17.0 Å². The number of aromatic nitrogens is 3. The van der Waals surface area contributed by atoms with Gasteiger partial charge in [0.05, 0.1) is 0 Å². The van der Waals surface area contributed by atoms with Gasteiger partial charge < -0.3 is 5.32 Å². The molecule has 0 radical (unpaired) electrons. The number of rotatable bonds is 7. The fourth-order valence-corrected chi connectivity index (χ4v) is 3.80. The Labute approximate surface area is 176 Å². The molecule has 4 rings (SSSR count). The highest BCUT2D eigenvalue weighted by molar-refractivity contribution is 5.95. The molecular weight excluding hydrogens is 376 g/mol. The normalized spacial score (nSPS) is 14.7. The van der Waals surface area contributed by atoms with Gasteiger partial charge in [0, 0.05) is 42.8 Å². The topological polar surface area (TPSA) is 68.9 Å². The summed E-state index contributed by atoms with van der Waals surface area (Å²) in [5.41, 5.74) is 2.57. The molecule has 0 saturated heterocycles. The Morgan fingerprint density at radius 2 is 2.00 bits per heavy atom. The van der Waals surface area contributed by atoms with E-state index in [-0.39, 0.29) is 22.4 Å². The molecule has 0 bridgehead atoms. The second kappa shape index (κ2) is 7.94. The molecule has 0 unspecified atom stereocenters. The fourth-order valence-electron chi connectivity index (χ4n) is 3.80. The lowest BCUT2D eigenvalue weighted by atomic mass is 10.0. The number of benzene rings is 1. The molecule has 1 fully saturated rings. The average Bonchev–Trinajstić information content (AvgIpc) is 3.29. The molecule has 0 aliphatic heterocycles. The van der Waals surface area contributed by atoms with Crippen LogP contribution in [-0.2, 0) is 6.54 Å². The second-order valence-corrected chi connectivity index (χ2v) is 8.68. The van der Waals surface area contributed by atoms with E-state index in [2.05, 4.69) is 30.3 Å². The minimum absolute atomic E-state index is 0.0367. The molecule has 1 amide bonds. The fraction of sp³-hybridized carbons (Fsp3) is 0.375. The molecule has 2 aromatic heterocycles. The number of nitrogens with one attached hydrogen (secondary N) is 1. The summed E-state index contributed by atoms with van der Waals surface area (Å²) in [5, 5.41) is 7.28. The van der Waals surface area contributed by atoms with E-state index in [1.165, 1.54) is 0 Å². The van der Waals surface area contributed by atoms with E-state index in [9.17, 15) is 9.59 Å². The van der Waals surface area contributed by atoms with Gasteiger partial charge >= 0.3 is 0 Å². The first kappa shape index (κ1) is 20.1. The summed E-state index contributed by atoms with van der Waals surface area (Å²) in [6, 6.07) is 11.6. The van der Waals surface area contributed by atoms with Crippen LogP contribution >= 0.6 is 0 Å². The van der Waals surface area contributed by atoms with E-state index in [0.717, 1.165) is 30.6 Å². The maximum atomic E-state index is 13.2. The van der Waals surface area contributed by atoms with Gasteiger partial charge in [-0.2, -0.15) is 5.10 Å². The smallest absolute Gasteiger partial charge is 0.268 e. The summed E-state index contributed by atoms with van der Waals surface area (Å²) in [7, 11) is 0. The predicted molar refractivity (Wildman–Crippen MR) is 117 cm³/mol. The molecule has 1 aliphatic rings. The molecule has 6 heteroatoms. The number of aryl methyl sites for hydroxylation is 1. The maximum Gasteiger partial charge on any atom is 0.268 e. The van der Waals surface area contributed by atoms with Crippen molar-refractivity contribution in [3.05, 3.63) is 82.0 Å². The standard InChI is InChI=1S/C24H28N4O2/c1-17(2)19-6-4-7-20(14-19)28-13-8-18(3)21(23(28)30)22(29)25-15-24(9-10-24)16-27-12-5-11-26-27/h4-8,11-14,17H,9-10,15-16H2,1-3H3,(H,25,29). The van der Waals surface area contributed by atoms with Gasteiger partial charge in [0.1, 0.15) is 5.56 Å². The highest BCUT2D eigenvalue weighted by atomic mass is 16.2. The van der Waals surface area contributed by atoms with Crippen LogP contribution in [0, 0.1) is 12.3 Å². The van der Waals surface area contributed by atoms with E-state index in [4.69, 9.17) is 0 Å². The Hall–Kier alpha value is -3.15. The number of hydrogen-bond donors (Lipinski definition) is 1. The Morgan fingerprint density at radius 3 is 2.67 bits per heavy atom. The third kappa shape index (κ3) is 4.08. The van der Waals surface area contributed by atoms with Crippen molar-refractivity contribution in [3.63, 3.8) is 0 Å². The third-order valence-electron chi connectivity index (χ3n) is 5.98. The van der Waals surface area contributed by atoms with Gasteiger partial charge in [-0.15, -0.1) is 0 Å². The number of pyridine rings is 1. The predicted octanol–water partition coefficient (Wildman–Crippen LogP) is 3.68. The Bertz CT molecular complexity index is 1110. The molecule has 2 heterocycles. The quantitative estimate of drug-likeness (QED) is 0.653. The second-order valence-electron chi connectivity index (χ2n) is 8.68. The lowest BCUT2D eigenvalue weighted by molar-refractivity contribution is 0.0940. The lowest BCUT2D eigenvalue weighted by Gasteiger charge is -2.17. The number of carbonyl (C=O) groups is 1. The monoisotopic (exact) mass is 404 g/mol. The van der Waals surface area contributed by atoms with Gasteiger partial charge in [0.25, 0.3) is 11.5 Å². The molecule has 1 aliphatic carbocycles. The van der Waals surface area contributed by atoms with Crippen molar-refractivity contribution in [1.29, 1.82) is 0 Å². The number of nitrogens with zero attached hydrogens (tertiary/aromatic N) is 3. The first-order chi connectivity index (χ1) is 14.4. The van der Waals surface area contributed by atoms with Crippen LogP contribution in [-0.4, -0.2) is 26.8 Å². The average molecular weight is 405 g/mol. The van der Waals surface area contributed by atoms with Gasteiger partial charge in [-0.05, 0) is 61.1 Å². The van der Waals surface area contributed by atoms with Gasteiger partial charge in [-0.25, -0.2) is 0 Å². The van der Waals surface area contributed by atoms with Crippen LogP contribution in [0.3, 0.4) is 0 Å². The zero-order valence-corrected chi connectivity index (χ0v) is 17.8. The first-order valence-electron chi connectivity index (χ1n) is 10.5. The molecule has 1 N–H and O–H groups in total. The highest BCUT2D eigenvalue weighted by Gasteiger charge is 2.43. The molecule has 1 saturated carbocycles. The lowest BCUT2D eigenvalue weighted by Crippen LogP contribution is -2.37. The van der Waals surface area contributed by atoms with Crippen molar-refractivity contribution >= 4 is 5.91 Å². The Kier molecular flexibility index (Phi) is 5.33. The van der Waals surface area contributed by atoms with Crippen molar-refractivity contribution in [2.75, 3.05) is 6.54 Å². The molecule has 156 valence electrons. The largest absolute Gasteiger partial charge is 0.351 e. The van der Waals surface area contributed by atoms with Crippen LogP contribution in [0.25, 0.3) is 5.69 Å². The SMILES string of the molecule is Cc1ccn(-c2cccc(C(C)C)c2)c(=O)c1C(=O)NCC1(Cn2cccn2)CC1. The molecule has 0 atom stereocenters. The molecule has 0 spiro atoms. The van der Waals surface area contributed by atoms with E-state index >= 15 is 0 Å². The van der Waals surface area contributed by atoms with Crippen LogP contribution in [0.15, 0.2) is 59.8 Å². The van der Waals surface area contributed by atoms with Crippen molar-refractivity contribution in [2.45, 2.75) is 46.1 Å². The van der Waals surface area contributed by atoms with Crippen LogP contribution in [0.4, 0.5) is 0 Å². The summed E-state index contributed by atoms with van der Waals surface area (Å²) >= 11 is 0. The summed E-state index contributed by atoms with van der Waals surface area (Å²) in [6.45, 7) is 7.37. The van der Waals surface area contributed by atoms with Gasteiger partial charge in [0.15, 0.2) is 0 Å². The highest BCUT2D eigenvalue weighted by Crippen LogP contribution is 2.46. The minimum atomic E-state index is -0.307. The van der Waals surface area contributed by atoms with Gasteiger partial charge in [0.2, 0.25) is 0 Å². The zero-order valence-electron chi connectivity index (χ0n) is 17.8. The zero-order chi connectivity index (χ0) is 21.3. The number of hydrogen-bond acceptors (Lipinski definition) is 3. The van der Waals surface area contributed by atoms with E-state index in [1.807, 2.05) is 48.1 Å². The number of amides is 1. The molecule has 30 heavy (non-hydrogen) atoms. The van der Waals surface area contributed by atoms with Crippen molar-refractivity contribution < 1.29 is 4.79 Å². The van der Waals surface area contributed by atoms with Crippen molar-refractivity contribution in [3.8, 4) is 5.69 Å². The van der Waals surface area contributed by atoms with E-state index in [0.29, 0.717) is 18.0 Å². The summed E-state index contributed by atoms with van der Waals surface area (Å²) in [6.07, 6.45) is 7.54. The number of carbonyl (C=O) groups excluding carboxylic acids is 1. The molecule has 1 aromatic carbocycles. The van der Waals surface area contributed by atoms with Crippen molar-refractivity contribution in [2.24, 2.45) is 5.41 Å². The van der Waals surface area contributed by atoms with Crippen LogP contribution in [0.1, 0.15) is 54.1 Å². The van der Waals surface area contributed by atoms with Crippen LogP contribution in [0.2, 0.25) is 0 Å². The summed E-state index contributed by atoms with van der Waals surface area (Å²) in [4.78, 5) is 26.2. The summed E-state index contributed by atoms with van der Waals surface area (Å²) < 4.78 is 3.46. The molecular formula is C24H28N4O2. The van der Waals surface area contributed by atoms with Crippen molar-refractivity contribution in [1.82, 2.24) is 19.7 Å². The Morgan fingerprint density at radius 1 is 1.20 bits per heavy atom. The maximum absolute atomic E-state index is 13.2. The van der Waals surface area contributed by atoms with Crippen LogP contribution < -0.4 is 10.9 Å². The van der Waals surface area contributed by atoms with Gasteiger partial charge in [-0.1, -0.05) is 26.0 Å². The first-order valence-corrected chi connectivity index (χ1v) is 10.5. The summed E-state index contributed by atoms with van der Waals surface area (Å²) in [5.74, 6) is 0.0528. The minimum Gasteiger partial charge on any atom is -0.351 e. The van der Waals surface area contributed by atoms with E-state index < -0.39 is 0 Å². The third-order valence-corrected chi connectivity index (χ3v) is 5.98. The van der Waals surface area contributed by atoms with Crippen LogP contribution in [0.5, 0.6) is 0 Å². The Balaban J connectivity index is 1.55. The molecule has 3 aromatic rings. The molecule has 6 nitrogen and oxygen atoms in total. The van der Waals surface area contributed by atoms with Gasteiger partial charge in [-0.3, -0.25) is 18.8 Å².